The molecule has 0 aliphatic carbocycles. The number of carbonyl (C=O) groups is 2. The van der Waals surface area contributed by atoms with E-state index in [0.717, 1.165) is 16.7 Å². The lowest BCUT2D eigenvalue weighted by atomic mass is 10.0. The van der Waals surface area contributed by atoms with E-state index >= 15 is 0 Å². The number of sulfonamides is 1. The summed E-state index contributed by atoms with van der Waals surface area (Å²) in [5, 5.41) is 2.68. The number of ether oxygens (including phenoxy) is 1. The van der Waals surface area contributed by atoms with Crippen molar-refractivity contribution in [1.82, 2.24) is 4.31 Å². The fourth-order valence-electron chi connectivity index (χ4n) is 3.47. The summed E-state index contributed by atoms with van der Waals surface area (Å²) in [7, 11) is -3.72. The smallest absolute Gasteiger partial charge is 0.310 e. The van der Waals surface area contributed by atoms with Gasteiger partial charge in [-0.05, 0) is 34.9 Å². The lowest BCUT2D eigenvalue weighted by molar-refractivity contribution is -0.146. The Bertz CT molecular complexity index is 1270. The Hall–Kier alpha value is -3.20. The summed E-state index contributed by atoms with van der Waals surface area (Å²) in [6.45, 7) is 3.59. The van der Waals surface area contributed by atoms with Crippen LogP contribution in [-0.2, 0) is 30.8 Å². The first kappa shape index (κ1) is 26.4. The molecule has 35 heavy (non-hydrogen) atoms. The van der Waals surface area contributed by atoms with Crippen LogP contribution in [0.4, 0.5) is 5.69 Å². The van der Waals surface area contributed by atoms with Crippen molar-refractivity contribution in [3.8, 4) is 11.1 Å². The van der Waals surface area contributed by atoms with Gasteiger partial charge in [0.2, 0.25) is 10.0 Å². The van der Waals surface area contributed by atoms with Crippen molar-refractivity contribution in [3.05, 3.63) is 83.4 Å². The molecule has 0 bridgehead atoms. The molecule has 3 aromatic carbocycles. The number of carbonyl (C=O) groups excluding carboxylic acids is 2. The van der Waals surface area contributed by atoms with Crippen molar-refractivity contribution in [3.63, 3.8) is 0 Å². The van der Waals surface area contributed by atoms with E-state index in [1.165, 1.54) is 22.5 Å². The van der Waals surface area contributed by atoms with Gasteiger partial charge in [0.15, 0.2) is 6.61 Å². The van der Waals surface area contributed by atoms with E-state index in [0.29, 0.717) is 13.1 Å². The van der Waals surface area contributed by atoms with Gasteiger partial charge in [0, 0.05) is 13.1 Å². The summed E-state index contributed by atoms with van der Waals surface area (Å²) in [6, 6.07) is 21.5. The van der Waals surface area contributed by atoms with Crippen LogP contribution in [0.5, 0.6) is 0 Å². The second-order valence-electron chi connectivity index (χ2n) is 7.68. The van der Waals surface area contributed by atoms with Gasteiger partial charge in [0.1, 0.15) is 0 Å². The van der Waals surface area contributed by atoms with Crippen molar-refractivity contribution < 1.29 is 22.7 Å². The number of rotatable bonds is 10. The lowest BCUT2D eigenvalue weighted by Crippen LogP contribution is -2.30. The quantitative estimate of drug-likeness (QED) is 0.394. The van der Waals surface area contributed by atoms with E-state index in [2.05, 4.69) is 5.32 Å². The Labute approximate surface area is 210 Å². The summed E-state index contributed by atoms with van der Waals surface area (Å²) < 4.78 is 31.9. The lowest BCUT2D eigenvalue weighted by Gasteiger charge is -2.19. The first-order chi connectivity index (χ1) is 16.7. The summed E-state index contributed by atoms with van der Waals surface area (Å²) >= 11 is 6.13. The molecule has 3 aromatic rings. The minimum absolute atomic E-state index is 0.0110. The molecule has 0 aliphatic rings. The average Bonchev–Trinajstić information content (AvgIpc) is 2.85. The number of hydrogen-bond acceptors (Lipinski definition) is 5. The van der Waals surface area contributed by atoms with Crippen LogP contribution in [0.15, 0.2) is 77.7 Å². The standard InChI is InChI=1S/C26H27ClN2O5S/c1-3-29(4-2)35(32,33)22-14-15-23(27)24(17-22)28-25(30)18-34-26(31)16-19-10-12-21(13-11-19)20-8-6-5-7-9-20/h5-15,17H,3-4,16,18H2,1-2H3,(H,28,30). The molecule has 0 saturated carbocycles. The largest absolute Gasteiger partial charge is 0.455 e. The first-order valence-electron chi connectivity index (χ1n) is 11.1. The molecular weight excluding hydrogens is 488 g/mol. The van der Waals surface area contributed by atoms with E-state index < -0.39 is 28.5 Å². The topological polar surface area (TPSA) is 92.8 Å². The Morgan fingerprint density at radius 1 is 0.914 bits per heavy atom. The van der Waals surface area contributed by atoms with E-state index in [9.17, 15) is 18.0 Å². The van der Waals surface area contributed by atoms with E-state index in [-0.39, 0.29) is 22.0 Å². The highest BCUT2D eigenvalue weighted by Crippen LogP contribution is 2.27. The van der Waals surface area contributed by atoms with Gasteiger partial charge in [-0.1, -0.05) is 80.0 Å². The maximum Gasteiger partial charge on any atom is 0.310 e. The molecule has 0 heterocycles. The average molecular weight is 515 g/mol. The number of nitrogens with one attached hydrogen (secondary N) is 1. The molecule has 0 saturated heterocycles. The Kier molecular flexibility index (Phi) is 9.03. The number of halogens is 1. The highest BCUT2D eigenvalue weighted by Gasteiger charge is 2.23. The number of hydrogen-bond donors (Lipinski definition) is 1. The van der Waals surface area contributed by atoms with Gasteiger partial charge in [-0.25, -0.2) is 8.42 Å². The van der Waals surface area contributed by atoms with Crippen molar-refractivity contribution in [2.45, 2.75) is 25.2 Å². The van der Waals surface area contributed by atoms with E-state index in [1.807, 2.05) is 54.6 Å². The van der Waals surface area contributed by atoms with Crippen LogP contribution in [0.2, 0.25) is 5.02 Å². The molecule has 0 fully saturated rings. The first-order valence-corrected chi connectivity index (χ1v) is 13.0. The SMILES string of the molecule is CCN(CC)S(=O)(=O)c1ccc(Cl)c(NC(=O)COC(=O)Cc2ccc(-c3ccccc3)cc2)c1. The summed E-state index contributed by atoms with van der Waals surface area (Å²) in [4.78, 5) is 24.5. The van der Waals surface area contributed by atoms with Gasteiger partial charge in [-0.15, -0.1) is 0 Å². The fourth-order valence-corrected chi connectivity index (χ4v) is 5.12. The normalized spacial score (nSPS) is 11.3. The molecule has 0 atom stereocenters. The summed E-state index contributed by atoms with van der Waals surface area (Å²) in [6.07, 6.45) is 0.0146. The molecule has 0 aromatic heterocycles. The van der Waals surface area contributed by atoms with Gasteiger partial charge in [-0.2, -0.15) is 4.31 Å². The zero-order valence-corrected chi connectivity index (χ0v) is 21.1. The third kappa shape index (κ3) is 6.91. The number of esters is 1. The second-order valence-corrected chi connectivity index (χ2v) is 10.0. The molecule has 0 spiro atoms. The maximum absolute atomic E-state index is 12.7. The Morgan fingerprint density at radius 3 is 2.17 bits per heavy atom. The molecule has 9 heteroatoms. The van der Waals surface area contributed by atoms with Crippen LogP contribution in [0, 0.1) is 0 Å². The molecule has 1 N–H and O–H groups in total. The third-order valence-corrected chi connectivity index (χ3v) is 7.70. The molecule has 0 aliphatic heterocycles. The zero-order chi connectivity index (χ0) is 25.4. The number of benzene rings is 3. The minimum atomic E-state index is -3.72. The van der Waals surface area contributed by atoms with Crippen molar-refractivity contribution >= 4 is 39.2 Å². The Morgan fingerprint density at radius 2 is 1.54 bits per heavy atom. The maximum atomic E-state index is 12.7. The zero-order valence-electron chi connectivity index (χ0n) is 19.5. The fraction of sp³-hybridized carbons (Fsp3) is 0.231. The van der Waals surface area contributed by atoms with Gasteiger partial charge in [-0.3, -0.25) is 9.59 Å². The number of amides is 1. The van der Waals surface area contributed by atoms with Crippen molar-refractivity contribution in [2.75, 3.05) is 25.0 Å². The van der Waals surface area contributed by atoms with Gasteiger partial charge < -0.3 is 10.1 Å². The highest BCUT2D eigenvalue weighted by molar-refractivity contribution is 7.89. The number of nitrogens with zero attached hydrogens (tertiary/aromatic N) is 1. The third-order valence-electron chi connectivity index (χ3n) is 5.33. The predicted octanol–water partition coefficient (Wildman–Crippen LogP) is 4.76. The highest BCUT2D eigenvalue weighted by atomic mass is 35.5. The summed E-state index contributed by atoms with van der Waals surface area (Å²) in [5.41, 5.74) is 2.99. The molecule has 7 nitrogen and oxygen atoms in total. The van der Waals surface area contributed by atoms with E-state index in [1.54, 1.807) is 13.8 Å². The number of anilines is 1. The van der Waals surface area contributed by atoms with Crippen molar-refractivity contribution in [2.24, 2.45) is 0 Å². The summed E-state index contributed by atoms with van der Waals surface area (Å²) in [5.74, 6) is -1.19. The molecular formula is C26H27ClN2O5S. The van der Waals surface area contributed by atoms with E-state index in [4.69, 9.17) is 16.3 Å². The van der Waals surface area contributed by atoms with Gasteiger partial charge >= 0.3 is 5.97 Å². The van der Waals surface area contributed by atoms with Crippen LogP contribution in [-0.4, -0.2) is 44.3 Å². The van der Waals surface area contributed by atoms with Gasteiger partial charge in [0.25, 0.3) is 5.91 Å². The molecule has 1 amide bonds. The van der Waals surface area contributed by atoms with Crippen LogP contribution in [0.25, 0.3) is 11.1 Å². The molecule has 184 valence electrons. The molecule has 0 radical (unpaired) electrons. The van der Waals surface area contributed by atoms with Gasteiger partial charge in [0.05, 0.1) is 22.0 Å². The second kappa shape index (κ2) is 12.0. The van der Waals surface area contributed by atoms with Crippen LogP contribution < -0.4 is 5.32 Å². The van der Waals surface area contributed by atoms with Crippen molar-refractivity contribution in [1.29, 1.82) is 0 Å². The predicted molar refractivity (Wildman–Crippen MR) is 137 cm³/mol. The minimum Gasteiger partial charge on any atom is -0.455 e. The molecule has 0 unspecified atom stereocenters. The monoisotopic (exact) mass is 514 g/mol. The molecule has 3 rings (SSSR count). The van der Waals surface area contributed by atoms with Crippen LogP contribution >= 0.6 is 11.6 Å². The van der Waals surface area contributed by atoms with Crippen LogP contribution in [0.1, 0.15) is 19.4 Å². The Balaban J connectivity index is 1.57. The van der Waals surface area contributed by atoms with Crippen LogP contribution in [0.3, 0.4) is 0 Å².